The van der Waals surface area contributed by atoms with E-state index in [1.807, 2.05) is 13.8 Å². The molecule has 1 atom stereocenters. The highest BCUT2D eigenvalue weighted by atomic mass is 79.9. The molecule has 0 aliphatic heterocycles. The number of carbonyl (C=O) groups is 1. The molecular weight excluding hydrogens is 332 g/mol. The average Bonchev–Trinajstić information content (AvgIpc) is 2.59. The molecule has 0 radical (unpaired) electrons. The molecule has 1 rings (SSSR count). The van der Waals surface area contributed by atoms with E-state index in [1.54, 1.807) is 11.7 Å². The fourth-order valence-electron chi connectivity index (χ4n) is 2.55. The normalized spacial score (nSPS) is 13.3. The molecule has 0 fully saturated rings. The molecule has 120 valence electrons. The van der Waals surface area contributed by atoms with E-state index in [1.165, 1.54) is 0 Å². The van der Waals surface area contributed by atoms with E-state index in [9.17, 15) is 4.79 Å². The molecule has 0 aliphatic rings. The van der Waals surface area contributed by atoms with Crippen LogP contribution >= 0.6 is 15.9 Å². The highest BCUT2D eigenvalue weighted by Gasteiger charge is 2.22. The lowest BCUT2D eigenvalue weighted by Crippen LogP contribution is -2.47. The maximum atomic E-state index is 12.4. The molecule has 21 heavy (non-hydrogen) atoms. The molecule has 1 N–H and O–H groups in total. The van der Waals surface area contributed by atoms with Gasteiger partial charge >= 0.3 is 0 Å². The van der Waals surface area contributed by atoms with Gasteiger partial charge in [-0.3, -0.25) is 14.4 Å². The van der Waals surface area contributed by atoms with Gasteiger partial charge < -0.3 is 5.32 Å². The highest BCUT2D eigenvalue weighted by Crippen LogP contribution is 2.20. The summed E-state index contributed by atoms with van der Waals surface area (Å²) in [5, 5.41) is 7.31. The summed E-state index contributed by atoms with van der Waals surface area (Å²) in [5.74, 6) is -0.0927. The van der Waals surface area contributed by atoms with Crippen LogP contribution in [0.5, 0.6) is 0 Å². The largest absolute Gasteiger partial charge is 0.347 e. The standard InChI is InChI=1S/C15H27BrN4O/c1-9(2)20(10(3)4)8-11(5)17-15(21)14-13(16)12(6)18-19(14)7/h9-11H,8H2,1-7H3,(H,17,21). The van der Waals surface area contributed by atoms with Crippen LogP contribution in [0.1, 0.15) is 50.8 Å². The first-order chi connectivity index (χ1) is 9.65. The molecular formula is C15H27BrN4O. The first-order valence-electron chi connectivity index (χ1n) is 7.40. The second-order valence-corrected chi connectivity index (χ2v) is 6.92. The van der Waals surface area contributed by atoms with Crippen LogP contribution in [-0.2, 0) is 7.05 Å². The number of nitrogens with zero attached hydrogens (tertiary/aromatic N) is 3. The number of rotatable bonds is 6. The summed E-state index contributed by atoms with van der Waals surface area (Å²) in [6.07, 6.45) is 0. The molecule has 0 saturated heterocycles. The Morgan fingerprint density at radius 2 is 1.81 bits per heavy atom. The van der Waals surface area contributed by atoms with E-state index >= 15 is 0 Å². The first-order valence-corrected chi connectivity index (χ1v) is 8.20. The van der Waals surface area contributed by atoms with Crippen molar-refractivity contribution < 1.29 is 4.79 Å². The zero-order valence-corrected chi connectivity index (χ0v) is 15.7. The van der Waals surface area contributed by atoms with Crippen molar-refractivity contribution in [2.24, 2.45) is 7.05 Å². The molecule has 0 bridgehead atoms. The van der Waals surface area contributed by atoms with Crippen molar-refractivity contribution in [3.05, 3.63) is 15.9 Å². The van der Waals surface area contributed by atoms with Crippen LogP contribution < -0.4 is 5.32 Å². The maximum absolute atomic E-state index is 12.4. The van der Waals surface area contributed by atoms with Gasteiger partial charge in [0.2, 0.25) is 0 Å². The average molecular weight is 359 g/mol. The molecule has 0 aromatic carbocycles. The van der Waals surface area contributed by atoms with Gasteiger partial charge in [0.1, 0.15) is 5.69 Å². The van der Waals surface area contributed by atoms with E-state index in [2.05, 4.69) is 58.9 Å². The lowest BCUT2D eigenvalue weighted by molar-refractivity contribution is 0.0901. The molecule has 0 saturated carbocycles. The zero-order valence-electron chi connectivity index (χ0n) is 14.1. The predicted molar refractivity (Wildman–Crippen MR) is 89.6 cm³/mol. The van der Waals surface area contributed by atoms with Crippen molar-refractivity contribution >= 4 is 21.8 Å². The Labute approximate surface area is 136 Å². The molecule has 6 heteroatoms. The van der Waals surface area contributed by atoms with Crippen LogP contribution in [0.3, 0.4) is 0 Å². The number of amides is 1. The van der Waals surface area contributed by atoms with E-state index < -0.39 is 0 Å². The summed E-state index contributed by atoms with van der Waals surface area (Å²) in [5.41, 5.74) is 1.39. The van der Waals surface area contributed by atoms with Gasteiger partial charge in [0.25, 0.3) is 5.91 Å². The van der Waals surface area contributed by atoms with Crippen molar-refractivity contribution in [3.8, 4) is 0 Å². The van der Waals surface area contributed by atoms with Crippen LogP contribution in [0.25, 0.3) is 0 Å². The Balaban J connectivity index is 2.74. The Morgan fingerprint density at radius 3 is 2.19 bits per heavy atom. The van der Waals surface area contributed by atoms with Crippen molar-refractivity contribution in [1.82, 2.24) is 20.0 Å². The highest BCUT2D eigenvalue weighted by molar-refractivity contribution is 9.10. The minimum atomic E-state index is -0.0927. The predicted octanol–water partition coefficient (Wildman–Crippen LogP) is 2.73. The van der Waals surface area contributed by atoms with Crippen molar-refractivity contribution in [1.29, 1.82) is 0 Å². The third-order valence-electron chi connectivity index (χ3n) is 3.55. The van der Waals surface area contributed by atoms with Crippen molar-refractivity contribution in [2.75, 3.05) is 6.54 Å². The number of aromatic nitrogens is 2. The molecule has 1 heterocycles. The van der Waals surface area contributed by atoms with E-state index in [-0.39, 0.29) is 11.9 Å². The monoisotopic (exact) mass is 358 g/mol. The minimum absolute atomic E-state index is 0.0735. The summed E-state index contributed by atoms with van der Waals surface area (Å²) < 4.78 is 2.38. The van der Waals surface area contributed by atoms with E-state index in [4.69, 9.17) is 0 Å². The number of halogens is 1. The summed E-state index contributed by atoms with van der Waals surface area (Å²) >= 11 is 3.43. The van der Waals surface area contributed by atoms with Crippen LogP contribution in [0.2, 0.25) is 0 Å². The third-order valence-corrected chi connectivity index (χ3v) is 4.50. The maximum Gasteiger partial charge on any atom is 0.270 e. The molecule has 1 aromatic heterocycles. The minimum Gasteiger partial charge on any atom is -0.347 e. The molecule has 1 amide bonds. The lowest BCUT2D eigenvalue weighted by Gasteiger charge is -2.33. The van der Waals surface area contributed by atoms with Gasteiger partial charge in [-0.1, -0.05) is 0 Å². The summed E-state index contributed by atoms with van der Waals surface area (Å²) in [6, 6.07) is 0.981. The Morgan fingerprint density at radius 1 is 1.29 bits per heavy atom. The SMILES string of the molecule is Cc1nn(C)c(C(=O)NC(C)CN(C(C)C)C(C)C)c1Br. The Hall–Kier alpha value is -0.880. The fraction of sp³-hybridized carbons (Fsp3) is 0.733. The zero-order chi connectivity index (χ0) is 16.3. The topological polar surface area (TPSA) is 50.2 Å². The van der Waals surface area contributed by atoms with E-state index in [0.29, 0.717) is 17.8 Å². The molecule has 5 nitrogen and oxygen atoms in total. The molecule has 1 unspecified atom stereocenters. The number of aryl methyl sites for hydroxylation is 2. The second-order valence-electron chi connectivity index (χ2n) is 6.13. The molecule has 1 aromatic rings. The summed E-state index contributed by atoms with van der Waals surface area (Å²) in [6.45, 7) is 13.4. The van der Waals surface area contributed by atoms with Gasteiger partial charge in [0.05, 0.1) is 10.2 Å². The van der Waals surface area contributed by atoms with Crippen LogP contribution in [-0.4, -0.2) is 45.3 Å². The Kier molecular flexibility index (Phi) is 6.41. The first kappa shape index (κ1) is 18.2. The van der Waals surface area contributed by atoms with Crippen LogP contribution in [0, 0.1) is 6.92 Å². The number of hydrogen-bond donors (Lipinski definition) is 1. The van der Waals surface area contributed by atoms with Gasteiger partial charge in [0, 0.05) is 31.7 Å². The summed E-state index contributed by atoms with van der Waals surface area (Å²) in [7, 11) is 1.78. The van der Waals surface area contributed by atoms with Gasteiger partial charge in [0.15, 0.2) is 0 Å². The lowest BCUT2D eigenvalue weighted by atomic mass is 10.2. The van der Waals surface area contributed by atoms with Gasteiger partial charge in [-0.15, -0.1) is 0 Å². The van der Waals surface area contributed by atoms with Gasteiger partial charge in [-0.2, -0.15) is 5.10 Å². The number of hydrogen-bond acceptors (Lipinski definition) is 3. The van der Waals surface area contributed by atoms with Gasteiger partial charge in [-0.25, -0.2) is 0 Å². The van der Waals surface area contributed by atoms with Crippen LogP contribution in [0.4, 0.5) is 0 Å². The van der Waals surface area contributed by atoms with E-state index in [0.717, 1.165) is 16.7 Å². The second kappa shape index (κ2) is 7.40. The van der Waals surface area contributed by atoms with Crippen molar-refractivity contribution in [2.45, 2.75) is 59.7 Å². The van der Waals surface area contributed by atoms with Crippen molar-refractivity contribution in [3.63, 3.8) is 0 Å². The van der Waals surface area contributed by atoms with Gasteiger partial charge in [-0.05, 0) is 57.5 Å². The number of nitrogens with one attached hydrogen (secondary N) is 1. The number of carbonyl (C=O) groups excluding carboxylic acids is 1. The molecule has 0 spiro atoms. The third kappa shape index (κ3) is 4.54. The summed E-state index contributed by atoms with van der Waals surface area (Å²) in [4.78, 5) is 14.8. The van der Waals surface area contributed by atoms with Crippen LogP contribution in [0.15, 0.2) is 4.47 Å². The fourth-order valence-corrected chi connectivity index (χ4v) is 3.07. The molecule has 0 aliphatic carbocycles. The quantitative estimate of drug-likeness (QED) is 0.850. The smallest absolute Gasteiger partial charge is 0.270 e. The Bertz CT molecular complexity index is 488.